The zero-order chi connectivity index (χ0) is 28.2. The number of benzene rings is 2. The number of hydrogen-bond acceptors (Lipinski definition) is 8. The topological polar surface area (TPSA) is 141 Å². The monoisotopic (exact) mass is 573 g/mol. The number of ketones is 1. The predicted octanol–water partition coefficient (Wildman–Crippen LogP) is 4.03. The summed E-state index contributed by atoms with van der Waals surface area (Å²) in [5.74, 6) is -2.87. The number of carbonyl (C=O) groups excluding carboxylic acids is 3. The first-order valence-corrected chi connectivity index (χ1v) is 11.9. The van der Waals surface area contributed by atoms with Gasteiger partial charge in [0.25, 0.3) is 5.91 Å². The molecule has 0 saturated heterocycles. The Morgan fingerprint density at radius 3 is 2.37 bits per heavy atom. The van der Waals surface area contributed by atoms with Crippen molar-refractivity contribution in [2.24, 2.45) is 5.73 Å². The number of rotatable bonds is 10. The van der Waals surface area contributed by atoms with Crippen LogP contribution < -0.4 is 21.7 Å². The highest BCUT2D eigenvalue weighted by Crippen LogP contribution is 2.36. The molecule has 15 heteroatoms. The molecule has 0 aliphatic heterocycles. The van der Waals surface area contributed by atoms with E-state index in [1.54, 1.807) is 0 Å². The average Bonchev–Trinajstić information content (AvgIpc) is 3.23. The van der Waals surface area contributed by atoms with Crippen molar-refractivity contribution >= 4 is 57.2 Å². The van der Waals surface area contributed by atoms with E-state index in [9.17, 15) is 31.9 Å². The quantitative estimate of drug-likeness (QED) is 0.189. The van der Waals surface area contributed by atoms with E-state index in [0.29, 0.717) is 0 Å². The standard InChI is InChI=1S/C23H20ClF4N5O4S/c1-11(20(30)35)33(14-6-7-15(24)16(25)10-14)22-32-19(29)18(38-22)17(34)12-2-4-13(5-3-12)21(36)31-8-9-37-23(26,27)28/h2-7,10-11H,8-9,29H2,1H3,(H2,30,35)(H,31,36). The van der Waals surface area contributed by atoms with Crippen LogP contribution in [0.3, 0.4) is 0 Å². The number of nitrogens with one attached hydrogen (secondary N) is 1. The zero-order valence-electron chi connectivity index (χ0n) is 19.5. The summed E-state index contributed by atoms with van der Waals surface area (Å²) in [5.41, 5.74) is 11.9. The minimum Gasteiger partial charge on any atom is -0.382 e. The number of aromatic nitrogens is 1. The van der Waals surface area contributed by atoms with Crippen LogP contribution in [-0.2, 0) is 9.53 Å². The van der Waals surface area contributed by atoms with Crippen molar-refractivity contribution in [3.63, 3.8) is 0 Å². The van der Waals surface area contributed by atoms with Crippen LogP contribution in [-0.4, -0.2) is 48.1 Å². The van der Waals surface area contributed by atoms with Crippen molar-refractivity contribution in [2.75, 3.05) is 23.8 Å². The molecule has 2 aromatic carbocycles. The lowest BCUT2D eigenvalue weighted by Gasteiger charge is -2.26. The fraction of sp³-hybridized carbons (Fsp3) is 0.217. The summed E-state index contributed by atoms with van der Waals surface area (Å²) >= 11 is 6.60. The highest BCUT2D eigenvalue weighted by Gasteiger charge is 2.29. The molecule has 202 valence electrons. The molecule has 0 spiro atoms. The van der Waals surface area contributed by atoms with Gasteiger partial charge < -0.3 is 21.7 Å². The Balaban J connectivity index is 1.80. The Hall–Kier alpha value is -3.75. The molecular formula is C23H20ClF4N5O4S. The van der Waals surface area contributed by atoms with E-state index >= 15 is 0 Å². The number of amides is 2. The molecular weight excluding hydrogens is 554 g/mol. The van der Waals surface area contributed by atoms with Crippen LogP contribution in [0.5, 0.6) is 0 Å². The molecule has 1 heterocycles. The number of nitrogens with two attached hydrogens (primary N) is 2. The van der Waals surface area contributed by atoms with E-state index in [4.69, 9.17) is 23.1 Å². The van der Waals surface area contributed by atoms with Gasteiger partial charge in [-0.05, 0) is 37.3 Å². The Morgan fingerprint density at radius 2 is 1.79 bits per heavy atom. The number of halogens is 5. The minimum absolute atomic E-state index is 0.0117. The number of carbonyl (C=O) groups is 3. The molecule has 1 atom stereocenters. The van der Waals surface area contributed by atoms with Crippen molar-refractivity contribution in [1.29, 1.82) is 0 Å². The lowest BCUT2D eigenvalue weighted by molar-refractivity contribution is -0.323. The summed E-state index contributed by atoms with van der Waals surface area (Å²) < 4.78 is 53.7. The Kier molecular flexibility index (Phi) is 8.91. The number of ether oxygens (including phenoxy) is 1. The van der Waals surface area contributed by atoms with Crippen LogP contribution in [0.25, 0.3) is 0 Å². The highest BCUT2D eigenvalue weighted by atomic mass is 35.5. The summed E-state index contributed by atoms with van der Waals surface area (Å²) in [7, 11) is 0. The van der Waals surface area contributed by atoms with Crippen molar-refractivity contribution in [3.8, 4) is 0 Å². The molecule has 1 aromatic heterocycles. The van der Waals surface area contributed by atoms with Gasteiger partial charge in [0.2, 0.25) is 11.7 Å². The van der Waals surface area contributed by atoms with Crippen LogP contribution in [0.1, 0.15) is 32.5 Å². The molecule has 2 amide bonds. The summed E-state index contributed by atoms with van der Waals surface area (Å²) in [4.78, 5) is 42.7. The first kappa shape index (κ1) is 28.8. The maximum absolute atomic E-state index is 14.1. The molecule has 9 nitrogen and oxygen atoms in total. The number of nitrogen functional groups attached to an aromatic ring is 1. The van der Waals surface area contributed by atoms with E-state index in [0.717, 1.165) is 17.4 Å². The van der Waals surface area contributed by atoms with E-state index < -0.39 is 42.4 Å². The maximum atomic E-state index is 14.1. The molecule has 3 aromatic rings. The fourth-order valence-corrected chi connectivity index (χ4v) is 4.35. The van der Waals surface area contributed by atoms with Gasteiger partial charge in [-0.15, -0.1) is 13.2 Å². The van der Waals surface area contributed by atoms with Gasteiger partial charge in [-0.2, -0.15) is 0 Å². The predicted molar refractivity (Wildman–Crippen MR) is 133 cm³/mol. The lowest BCUT2D eigenvalue weighted by Crippen LogP contribution is -2.40. The molecule has 5 N–H and O–H groups in total. The van der Waals surface area contributed by atoms with Crippen LogP contribution in [0.15, 0.2) is 42.5 Å². The van der Waals surface area contributed by atoms with Crippen LogP contribution >= 0.6 is 22.9 Å². The summed E-state index contributed by atoms with van der Waals surface area (Å²) in [6, 6.07) is 8.11. The number of hydrogen-bond donors (Lipinski definition) is 3. The first-order valence-electron chi connectivity index (χ1n) is 10.7. The molecule has 0 fully saturated rings. The third-order valence-electron chi connectivity index (χ3n) is 5.10. The lowest BCUT2D eigenvalue weighted by atomic mass is 10.1. The molecule has 38 heavy (non-hydrogen) atoms. The van der Waals surface area contributed by atoms with Gasteiger partial charge in [0, 0.05) is 23.4 Å². The van der Waals surface area contributed by atoms with E-state index in [2.05, 4.69) is 15.0 Å². The van der Waals surface area contributed by atoms with Gasteiger partial charge in [-0.1, -0.05) is 35.1 Å². The Bertz CT molecular complexity index is 1350. The Morgan fingerprint density at radius 1 is 1.16 bits per heavy atom. The van der Waals surface area contributed by atoms with Gasteiger partial charge in [-0.3, -0.25) is 19.1 Å². The first-order chi connectivity index (χ1) is 17.8. The zero-order valence-corrected chi connectivity index (χ0v) is 21.1. The molecule has 3 rings (SSSR count). The fourth-order valence-electron chi connectivity index (χ4n) is 3.19. The van der Waals surface area contributed by atoms with E-state index in [1.165, 1.54) is 48.2 Å². The number of primary amides is 1. The van der Waals surface area contributed by atoms with Crippen molar-refractivity contribution in [2.45, 2.75) is 19.3 Å². The van der Waals surface area contributed by atoms with Gasteiger partial charge in [0.05, 0.1) is 11.6 Å². The molecule has 0 aliphatic carbocycles. The SMILES string of the molecule is CC(C(N)=O)N(c1ccc(Cl)c(F)c1)c1nc(N)c(C(=O)c2ccc(C(=O)NCCOC(F)(F)F)cc2)s1. The normalized spacial score (nSPS) is 12.2. The largest absolute Gasteiger partial charge is 0.522 e. The van der Waals surface area contributed by atoms with E-state index in [-0.39, 0.29) is 44.2 Å². The van der Waals surface area contributed by atoms with E-state index in [1.807, 2.05) is 0 Å². The Labute approximate surface area is 222 Å². The molecule has 0 bridgehead atoms. The second-order valence-corrected chi connectivity index (χ2v) is 9.10. The highest BCUT2D eigenvalue weighted by molar-refractivity contribution is 7.18. The van der Waals surface area contributed by atoms with Crippen molar-refractivity contribution < 1.29 is 36.7 Å². The van der Waals surface area contributed by atoms with Crippen LogP contribution in [0, 0.1) is 5.82 Å². The van der Waals surface area contributed by atoms with Gasteiger partial charge >= 0.3 is 6.36 Å². The van der Waals surface area contributed by atoms with Crippen LogP contribution in [0.4, 0.5) is 34.2 Å². The van der Waals surface area contributed by atoms with Gasteiger partial charge in [0.1, 0.15) is 22.6 Å². The second-order valence-electron chi connectivity index (χ2n) is 7.71. The summed E-state index contributed by atoms with van der Waals surface area (Å²) in [5, 5.41) is 2.22. The van der Waals surface area contributed by atoms with Crippen molar-refractivity contribution in [1.82, 2.24) is 10.3 Å². The van der Waals surface area contributed by atoms with Gasteiger partial charge in [-0.25, -0.2) is 9.37 Å². The third-order valence-corrected chi connectivity index (χ3v) is 6.47. The molecule has 0 saturated carbocycles. The van der Waals surface area contributed by atoms with Crippen molar-refractivity contribution in [3.05, 3.63) is 69.3 Å². The number of thiazole rings is 1. The smallest absolute Gasteiger partial charge is 0.382 e. The minimum atomic E-state index is -4.80. The molecule has 0 radical (unpaired) electrons. The average molecular weight is 574 g/mol. The second kappa shape index (κ2) is 11.8. The summed E-state index contributed by atoms with van der Waals surface area (Å²) in [6.07, 6.45) is -4.80. The number of nitrogens with zero attached hydrogens (tertiary/aromatic N) is 2. The number of alkyl halides is 3. The third kappa shape index (κ3) is 6.96. The van der Waals surface area contributed by atoms with Gasteiger partial charge in [0.15, 0.2) is 5.13 Å². The summed E-state index contributed by atoms with van der Waals surface area (Å²) in [6.45, 7) is 0.330. The number of anilines is 3. The molecule has 1 unspecified atom stereocenters. The maximum Gasteiger partial charge on any atom is 0.522 e. The molecule has 0 aliphatic rings. The van der Waals surface area contributed by atoms with Crippen LogP contribution in [0.2, 0.25) is 5.02 Å².